The zero-order valence-electron chi connectivity index (χ0n) is 36.9. The largest absolute Gasteiger partial charge is 0.457 e. The average Bonchev–Trinajstić information content (AvgIpc) is 3.66. The highest BCUT2D eigenvalue weighted by molar-refractivity contribution is 5.92. The second-order valence-corrected chi connectivity index (χ2v) is 17.0. The molecule has 1 heterocycles. The van der Waals surface area contributed by atoms with E-state index in [0.717, 1.165) is 70.4 Å². The number of benzene rings is 9. The Labute approximate surface area is 383 Å². The van der Waals surface area contributed by atoms with Gasteiger partial charge in [-0.1, -0.05) is 166 Å². The van der Waals surface area contributed by atoms with Crippen molar-refractivity contribution in [1.29, 1.82) is 0 Å². The van der Waals surface area contributed by atoms with Gasteiger partial charge in [0.2, 0.25) is 0 Å². The van der Waals surface area contributed by atoms with E-state index in [0.29, 0.717) is 0 Å². The van der Waals surface area contributed by atoms with Gasteiger partial charge in [0.25, 0.3) is 0 Å². The fourth-order valence-corrected chi connectivity index (χ4v) is 10.2. The molecule has 1 spiro atoms. The number of unbranched alkanes of at least 4 members (excludes halogenated alkanes) is 1. The minimum Gasteiger partial charge on any atom is -0.457 e. The molecule has 11 rings (SSSR count). The normalized spacial score (nSPS) is 13.0. The van der Waals surface area contributed by atoms with Gasteiger partial charge in [0, 0.05) is 45.3 Å². The highest BCUT2D eigenvalue weighted by Gasteiger charge is 2.51. The lowest BCUT2D eigenvalue weighted by Crippen LogP contribution is -2.32. The maximum atomic E-state index is 6.58. The molecular weight excluding hydrogens is 789 g/mol. The number of fused-ring (bicyclic) bond motifs is 9. The molecule has 0 aromatic heterocycles. The maximum Gasteiger partial charge on any atom is 0.132 e. The Morgan fingerprint density at radius 1 is 0.415 bits per heavy atom. The van der Waals surface area contributed by atoms with Crippen molar-refractivity contribution in [3.05, 3.63) is 258 Å². The Balaban J connectivity index is 0.947. The number of hydrogen-bond donors (Lipinski definition) is 0. The fourth-order valence-electron chi connectivity index (χ4n) is 10.2. The van der Waals surface area contributed by atoms with Crippen molar-refractivity contribution in [3.8, 4) is 33.8 Å². The van der Waals surface area contributed by atoms with Crippen molar-refractivity contribution in [1.82, 2.24) is 0 Å². The Morgan fingerprint density at radius 2 is 0.846 bits per heavy atom. The molecule has 2 aliphatic rings. The standard InChI is InChI=1S/C62H50N2O/c1-3-5-18-44(4-2)45-29-35-50(36-30-45)63(48-19-8-6-9-20-48)51-37-31-46(32-38-51)47-33-39-52(40-34-47)64(49-21-10-7-11-22-49)53-41-42-57-55(43-53)54-23-12-13-24-56(54)62(57)58-25-14-16-27-60(58)65-61-28-17-15-26-59(61)62/h6-43H,3-5H2,1-2H3/b44-18+. The van der Waals surface area contributed by atoms with Crippen LogP contribution in [0, 0.1) is 0 Å². The second-order valence-electron chi connectivity index (χ2n) is 17.0. The average molecular weight is 839 g/mol. The number of hydrogen-bond acceptors (Lipinski definition) is 3. The summed E-state index contributed by atoms with van der Waals surface area (Å²) < 4.78 is 6.58. The van der Waals surface area contributed by atoms with E-state index < -0.39 is 5.41 Å². The van der Waals surface area contributed by atoms with E-state index in [1.54, 1.807) is 0 Å². The van der Waals surface area contributed by atoms with Crippen LogP contribution in [0.1, 0.15) is 60.9 Å². The van der Waals surface area contributed by atoms with Gasteiger partial charge in [0.05, 0.1) is 5.41 Å². The van der Waals surface area contributed by atoms with E-state index in [2.05, 4.69) is 254 Å². The van der Waals surface area contributed by atoms with E-state index in [4.69, 9.17) is 4.74 Å². The van der Waals surface area contributed by atoms with Crippen molar-refractivity contribution in [3.63, 3.8) is 0 Å². The van der Waals surface area contributed by atoms with Gasteiger partial charge in [-0.2, -0.15) is 0 Å². The second kappa shape index (κ2) is 17.0. The SMILES string of the molecule is CCC/C=C(\CC)c1ccc(N(c2ccccc2)c2ccc(-c3ccc(N(c4ccccc4)c4ccc5c(c4)-c4ccccc4C54c5ccccc5Oc5ccccc54)cc3)cc2)cc1. The highest BCUT2D eigenvalue weighted by atomic mass is 16.5. The third kappa shape index (κ3) is 6.92. The molecule has 0 saturated carbocycles. The van der Waals surface area contributed by atoms with E-state index in [1.165, 1.54) is 50.1 Å². The zero-order valence-corrected chi connectivity index (χ0v) is 36.9. The molecule has 3 heteroatoms. The fraction of sp³-hybridized carbons (Fsp3) is 0.0968. The van der Waals surface area contributed by atoms with Crippen LogP contribution in [-0.2, 0) is 5.41 Å². The lowest BCUT2D eigenvalue weighted by atomic mass is 9.66. The van der Waals surface area contributed by atoms with Gasteiger partial charge < -0.3 is 14.5 Å². The summed E-state index contributed by atoms with van der Waals surface area (Å²) in [5, 5.41) is 0. The van der Waals surface area contributed by atoms with Crippen molar-refractivity contribution in [2.75, 3.05) is 9.80 Å². The number of ether oxygens (including phenoxy) is 1. The van der Waals surface area contributed by atoms with Crippen LogP contribution in [0.25, 0.3) is 27.8 Å². The molecule has 0 bridgehead atoms. The molecule has 3 nitrogen and oxygen atoms in total. The molecular formula is C62H50N2O. The van der Waals surface area contributed by atoms with Crippen LogP contribution >= 0.6 is 0 Å². The molecule has 0 saturated heterocycles. The number of rotatable bonds is 11. The summed E-state index contributed by atoms with van der Waals surface area (Å²) in [5.74, 6) is 1.80. The first-order chi connectivity index (χ1) is 32.1. The van der Waals surface area contributed by atoms with Gasteiger partial charge in [-0.3, -0.25) is 0 Å². The summed E-state index contributed by atoms with van der Waals surface area (Å²) in [4.78, 5) is 4.71. The maximum absolute atomic E-state index is 6.58. The molecule has 0 amide bonds. The van der Waals surface area contributed by atoms with E-state index in [-0.39, 0.29) is 0 Å². The quantitative estimate of drug-likeness (QED) is 0.129. The summed E-state index contributed by atoms with van der Waals surface area (Å²) in [6, 6.07) is 81.4. The summed E-state index contributed by atoms with van der Waals surface area (Å²) in [6.45, 7) is 4.48. The predicted molar refractivity (Wildman–Crippen MR) is 272 cm³/mol. The first-order valence-electron chi connectivity index (χ1n) is 23.0. The van der Waals surface area contributed by atoms with Crippen LogP contribution in [0.5, 0.6) is 11.5 Å². The van der Waals surface area contributed by atoms with Crippen molar-refractivity contribution >= 4 is 39.7 Å². The minimum absolute atomic E-state index is 0.502. The van der Waals surface area contributed by atoms with Gasteiger partial charge in [0.15, 0.2) is 0 Å². The molecule has 9 aromatic rings. The van der Waals surface area contributed by atoms with Crippen LogP contribution < -0.4 is 14.5 Å². The number of nitrogens with zero attached hydrogens (tertiary/aromatic N) is 2. The van der Waals surface area contributed by atoms with Gasteiger partial charge >= 0.3 is 0 Å². The van der Waals surface area contributed by atoms with Crippen LogP contribution in [0.15, 0.2) is 231 Å². The topological polar surface area (TPSA) is 15.7 Å². The van der Waals surface area contributed by atoms with E-state index in [9.17, 15) is 0 Å². The molecule has 0 radical (unpaired) electrons. The smallest absolute Gasteiger partial charge is 0.132 e. The van der Waals surface area contributed by atoms with Crippen molar-refractivity contribution in [2.45, 2.75) is 38.5 Å². The Bertz CT molecular complexity index is 3110. The first kappa shape index (κ1) is 39.9. The predicted octanol–water partition coefficient (Wildman–Crippen LogP) is 17.4. The molecule has 314 valence electrons. The van der Waals surface area contributed by atoms with E-state index >= 15 is 0 Å². The molecule has 9 aromatic carbocycles. The summed E-state index contributed by atoms with van der Waals surface area (Å²) in [7, 11) is 0. The highest BCUT2D eigenvalue weighted by Crippen LogP contribution is 2.62. The third-order valence-electron chi connectivity index (χ3n) is 13.3. The summed E-state index contributed by atoms with van der Waals surface area (Å²) in [5.41, 5.74) is 18.6. The molecule has 0 N–H and O–H groups in total. The minimum atomic E-state index is -0.502. The monoisotopic (exact) mass is 838 g/mol. The summed E-state index contributed by atoms with van der Waals surface area (Å²) >= 11 is 0. The van der Waals surface area contributed by atoms with Crippen molar-refractivity contribution in [2.24, 2.45) is 0 Å². The van der Waals surface area contributed by atoms with Crippen molar-refractivity contribution < 1.29 is 4.74 Å². The van der Waals surface area contributed by atoms with Gasteiger partial charge in [0.1, 0.15) is 11.5 Å². The van der Waals surface area contributed by atoms with Crippen LogP contribution in [0.2, 0.25) is 0 Å². The van der Waals surface area contributed by atoms with Gasteiger partial charge in [-0.05, 0) is 142 Å². The van der Waals surface area contributed by atoms with E-state index in [1.807, 2.05) is 0 Å². The lowest BCUT2D eigenvalue weighted by Gasteiger charge is -2.39. The first-order valence-corrected chi connectivity index (χ1v) is 23.0. The van der Waals surface area contributed by atoms with Crippen LogP contribution in [0.4, 0.5) is 34.1 Å². The molecule has 1 aliphatic heterocycles. The molecule has 0 fully saturated rings. The third-order valence-corrected chi connectivity index (χ3v) is 13.3. The molecule has 65 heavy (non-hydrogen) atoms. The molecule has 0 unspecified atom stereocenters. The lowest BCUT2D eigenvalue weighted by molar-refractivity contribution is 0.436. The Kier molecular flexibility index (Phi) is 10.4. The van der Waals surface area contributed by atoms with Crippen LogP contribution in [-0.4, -0.2) is 0 Å². The Hall–Kier alpha value is -7.88. The van der Waals surface area contributed by atoms with Crippen LogP contribution in [0.3, 0.4) is 0 Å². The molecule has 1 aliphatic carbocycles. The number of allylic oxidation sites excluding steroid dienone is 2. The number of para-hydroxylation sites is 4. The molecule has 0 atom stereocenters. The van der Waals surface area contributed by atoms with Gasteiger partial charge in [-0.15, -0.1) is 0 Å². The zero-order chi connectivity index (χ0) is 43.7. The number of anilines is 6. The summed E-state index contributed by atoms with van der Waals surface area (Å²) in [6.07, 6.45) is 5.68. The van der Waals surface area contributed by atoms with Gasteiger partial charge in [-0.25, -0.2) is 0 Å². The Morgan fingerprint density at radius 3 is 1.38 bits per heavy atom.